The number of thioether (sulfide) groups is 1. The van der Waals surface area contributed by atoms with Crippen molar-refractivity contribution in [3.05, 3.63) is 0 Å². The van der Waals surface area contributed by atoms with Crippen LogP contribution in [0.25, 0.3) is 0 Å². The maximum atomic E-state index is 11.7. The van der Waals surface area contributed by atoms with Crippen molar-refractivity contribution in [3.63, 3.8) is 0 Å². The van der Waals surface area contributed by atoms with Gasteiger partial charge in [-0.3, -0.25) is 9.59 Å². The molecule has 1 saturated carbocycles. The number of carbonyl (C=O) groups is 2. The van der Waals surface area contributed by atoms with E-state index in [1.54, 1.807) is 6.92 Å². The van der Waals surface area contributed by atoms with Gasteiger partial charge in [-0.2, -0.15) is 0 Å². The number of esters is 1. The largest absolute Gasteiger partial charge is 0.466 e. The molecule has 4 atom stereocenters. The van der Waals surface area contributed by atoms with E-state index in [2.05, 4.69) is 0 Å². The molecule has 3 nitrogen and oxygen atoms in total. The van der Waals surface area contributed by atoms with Gasteiger partial charge in [0.25, 0.3) is 0 Å². The quantitative estimate of drug-likeness (QED) is 0.579. The molecular weight excluding hydrogens is 295 g/mol. The fourth-order valence-corrected chi connectivity index (χ4v) is 4.93. The molecule has 16 heavy (non-hydrogen) atoms. The zero-order chi connectivity index (χ0) is 12.1. The van der Waals surface area contributed by atoms with E-state index in [4.69, 9.17) is 39.5 Å². The summed E-state index contributed by atoms with van der Waals surface area (Å²) in [4.78, 5) is 23.3. The van der Waals surface area contributed by atoms with Gasteiger partial charge in [0.1, 0.15) is 0 Å². The molecule has 2 fully saturated rings. The van der Waals surface area contributed by atoms with Crippen LogP contribution in [0.4, 0.5) is 0 Å². The maximum absolute atomic E-state index is 11.7. The number of ether oxygens (including phenoxy) is 1. The van der Waals surface area contributed by atoms with E-state index < -0.39 is 26.8 Å². The lowest BCUT2D eigenvalue weighted by atomic mass is 9.74. The first-order valence-electron chi connectivity index (χ1n) is 4.79. The van der Waals surface area contributed by atoms with Crippen molar-refractivity contribution in [2.45, 2.75) is 21.2 Å². The molecule has 1 saturated heterocycles. The second kappa shape index (κ2) is 4.23. The van der Waals surface area contributed by atoms with Crippen molar-refractivity contribution < 1.29 is 14.3 Å². The maximum Gasteiger partial charge on any atom is 0.312 e. The summed E-state index contributed by atoms with van der Waals surface area (Å²) in [5, 5.41) is -0.305. The summed E-state index contributed by atoms with van der Waals surface area (Å²) in [6.45, 7) is 1.97. The minimum atomic E-state index is -1.40. The Hall–Kier alpha value is 0.360. The normalized spacial score (nSPS) is 40.1. The van der Waals surface area contributed by atoms with Gasteiger partial charge in [-0.25, -0.2) is 0 Å². The summed E-state index contributed by atoms with van der Waals surface area (Å²) in [6.07, 6.45) is 0. The molecule has 7 heteroatoms. The Morgan fingerprint density at radius 1 is 1.56 bits per heavy atom. The molecule has 0 bridgehead atoms. The van der Waals surface area contributed by atoms with Gasteiger partial charge in [0.05, 0.1) is 28.4 Å². The highest BCUT2D eigenvalue weighted by Gasteiger charge is 2.70. The van der Waals surface area contributed by atoms with Crippen LogP contribution >= 0.6 is 46.6 Å². The molecule has 0 radical (unpaired) electrons. The van der Waals surface area contributed by atoms with E-state index >= 15 is 0 Å². The molecule has 90 valence electrons. The average molecular weight is 304 g/mol. The van der Waals surface area contributed by atoms with Crippen molar-refractivity contribution in [3.8, 4) is 0 Å². The van der Waals surface area contributed by atoms with Gasteiger partial charge >= 0.3 is 5.97 Å². The SMILES string of the molecule is CCOC(=O)[C@@H]1[C@H]2C(=O)C(Cl)(Cl)[C@H]2S[C@@H]1Cl. The highest BCUT2D eigenvalue weighted by atomic mass is 35.5. The van der Waals surface area contributed by atoms with Gasteiger partial charge in [0, 0.05) is 0 Å². The lowest BCUT2D eigenvalue weighted by Crippen LogP contribution is -2.59. The molecule has 0 aromatic carbocycles. The number of hydrogen-bond acceptors (Lipinski definition) is 4. The summed E-state index contributed by atoms with van der Waals surface area (Å²) in [7, 11) is 0. The number of carbonyl (C=O) groups excluding carboxylic acids is 2. The van der Waals surface area contributed by atoms with Crippen LogP contribution in [-0.4, -0.2) is 32.7 Å². The highest BCUT2D eigenvalue weighted by molar-refractivity contribution is 8.02. The first-order chi connectivity index (χ1) is 7.41. The molecule has 0 amide bonds. The van der Waals surface area contributed by atoms with Crippen LogP contribution in [0.3, 0.4) is 0 Å². The highest BCUT2D eigenvalue weighted by Crippen LogP contribution is 2.61. The Bertz CT molecular complexity index is 347. The molecule has 0 aromatic heterocycles. The number of ketones is 1. The molecule has 0 aromatic rings. The molecule has 0 N–H and O–H groups in total. The zero-order valence-electron chi connectivity index (χ0n) is 8.28. The van der Waals surface area contributed by atoms with E-state index in [9.17, 15) is 9.59 Å². The van der Waals surface area contributed by atoms with E-state index in [1.165, 1.54) is 11.8 Å². The summed E-state index contributed by atoms with van der Waals surface area (Å²) < 4.78 is 2.99. The van der Waals surface area contributed by atoms with E-state index in [0.717, 1.165) is 0 Å². The number of hydrogen-bond donors (Lipinski definition) is 0. The number of alkyl halides is 3. The second-order valence-corrected chi connectivity index (χ2v) is 7.10. The molecule has 2 rings (SSSR count). The number of fused-ring (bicyclic) bond motifs is 1. The number of rotatable bonds is 2. The Labute approximate surface area is 112 Å². The Morgan fingerprint density at radius 2 is 2.19 bits per heavy atom. The summed E-state index contributed by atoms with van der Waals surface area (Å²) >= 11 is 19.0. The van der Waals surface area contributed by atoms with Gasteiger partial charge in [-0.05, 0) is 6.92 Å². The molecule has 1 aliphatic heterocycles. The number of Topliss-reactive ketones (excluding diaryl/α,β-unsaturated/α-hetero) is 1. The van der Waals surface area contributed by atoms with Crippen molar-refractivity contribution >= 4 is 58.3 Å². The lowest BCUT2D eigenvalue weighted by Gasteiger charge is -2.41. The van der Waals surface area contributed by atoms with Crippen LogP contribution in [-0.2, 0) is 14.3 Å². The van der Waals surface area contributed by atoms with E-state index in [1.807, 2.05) is 0 Å². The standard InChI is InChI=1S/C9H9Cl3O3S/c1-2-15-8(14)4-3-5(13)9(11,12)6(3)16-7(4)10/h3-4,6-7H,2H2,1H3/t3-,4+,6-,7-/m0/s1. The molecular formula is C9H9Cl3O3S. The fourth-order valence-electron chi connectivity index (χ4n) is 2.03. The van der Waals surface area contributed by atoms with Crippen molar-refractivity contribution in [2.75, 3.05) is 6.61 Å². The first-order valence-corrected chi connectivity index (χ1v) is 6.93. The fraction of sp³-hybridized carbons (Fsp3) is 0.778. The number of halogens is 3. The minimum absolute atomic E-state index is 0.266. The van der Waals surface area contributed by atoms with Crippen LogP contribution in [0.1, 0.15) is 6.92 Å². The lowest BCUT2D eigenvalue weighted by molar-refractivity contribution is -0.153. The van der Waals surface area contributed by atoms with E-state index in [-0.39, 0.29) is 17.6 Å². The molecule has 2 aliphatic rings. The third-order valence-electron chi connectivity index (χ3n) is 2.82. The summed E-state index contributed by atoms with van der Waals surface area (Å²) in [5.74, 6) is -1.90. The third kappa shape index (κ3) is 1.65. The third-order valence-corrected chi connectivity index (χ3v) is 5.99. The molecule has 1 aliphatic carbocycles. The monoisotopic (exact) mass is 302 g/mol. The zero-order valence-corrected chi connectivity index (χ0v) is 11.4. The first kappa shape index (κ1) is 12.8. The van der Waals surface area contributed by atoms with Gasteiger partial charge in [0.2, 0.25) is 0 Å². The average Bonchev–Trinajstić information content (AvgIpc) is 2.54. The van der Waals surface area contributed by atoms with Gasteiger partial charge in [0.15, 0.2) is 10.1 Å². The van der Waals surface area contributed by atoms with Crippen molar-refractivity contribution in [2.24, 2.45) is 11.8 Å². The topological polar surface area (TPSA) is 43.4 Å². The van der Waals surface area contributed by atoms with Gasteiger partial charge < -0.3 is 4.74 Å². The van der Waals surface area contributed by atoms with Crippen LogP contribution in [0.2, 0.25) is 0 Å². The molecule has 0 spiro atoms. The van der Waals surface area contributed by atoms with Gasteiger partial charge in [-0.1, -0.05) is 23.2 Å². The van der Waals surface area contributed by atoms with Crippen molar-refractivity contribution in [1.82, 2.24) is 0 Å². The van der Waals surface area contributed by atoms with Crippen LogP contribution in [0.5, 0.6) is 0 Å². The van der Waals surface area contributed by atoms with Crippen molar-refractivity contribution in [1.29, 1.82) is 0 Å². The molecule has 0 unspecified atom stereocenters. The van der Waals surface area contributed by atoms with Gasteiger partial charge in [-0.15, -0.1) is 23.4 Å². The molecule has 1 heterocycles. The predicted molar refractivity (Wildman–Crippen MR) is 64.1 cm³/mol. The minimum Gasteiger partial charge on any atom is -0.466 e. The van der Waals surface area contributed by atoms with Crippen LogP contribution < -0.4 is 0 Å². The second-order valence-electron chi connectivity index (χ2n) is 3.70. The Morgan fingerprint density at radius 3 is 2.75 bits per heavy atom. The Balaban J connectivity index is 2.18. The summed E-state index contributed by atoms with van der Waals surface area (Å²) in [5.41, 5.74) is 0. The van der Waals surface area contributed by atoms with E-state index in [0.29, 0.717) is 0 Å². The summed E-state index contributed by atoms with van der Waals surface area (Å²) in [6, 6.07) is 0. The van der Waals surface area contributed by atoms with Crippen LogP contribution in [0, 0.1) is 11.8 Å². The predicted octanol–water partition coefficient (Wildman–Crippen LogP) is 2.22. The smallest absolute Gasteiger partial charge is 0.312 e. The Kier molecular flexibility index (Phi) is 3.39. The van der Waals surface area contributed by atoms with Crippen LogP contribution in [0.15, 0.2) is 0 Å².